The van der Waals surface area contributed by atoms with Gasteiger partial charge < -0.3 is 10.2 Å². The van der Waals surface area contributed by atoms with E-state index in [9.17, 15) is 9.59 Å². The van der Waals surface area contributed by atoms with Crippen LogP contribution in [0.4, 0.5) is 0 Å². The smallest absolute Gasteiger partial charge is 0.243 e. The molecular weight excluding hydrogens is 336 g/mol. The number of hydrogen-bond acceptors (Lipinski definition) is 2. The number of fused-ring (bicyclic) bond motifs is 1. The van der Waals surface area contributed by atoms with Crippen LogP contribution in [0.5, 0.6) is 0 Å². The third kappa shape index (κ3) is 6.37. The maximum absolute atomic E-state index is 13.0. The summed E-state index contributed by atoms with van der Waals surface area (Å²) >= 11 is 0. The maximum Gasteiger partial charge on any atom is 0.243 e. The molecular formula is C23H36N2O2. The summed E-state index contributed by atoms with van der Waals surface area (Å²) in [7, 11) is 0. The van der Waals surface area contributed by atoms with Crippen molar-refractivity contribution in [2.24, 2.45) is 11.8 Å². The molecule has 2 atom stereocenters. The monoisotopic (exact) mass is 372 g/mol. The number of amides is 2. The summed E-state index contributed by atoms with van der Waals surface area (Å²) in [5.74, 6) is 1.03. The highest BCUT2D eigenvalue weighted by Crippen LogP contribution is 2.25. The SMILES string of the molecule is CC(C)CCCC(C)NC(=O)C1Cc2ccccc2CN1C(=O)CC(C)C. The van der Waals surface area contributed by atoms with Crippen LogP contribution in [-0.2, 0) is 22.6 Å². The summed E-state index contributed by atoms with van der Waals surface area (Å²) in [5.41, 5.74) is 2.34. The van der Waals surface area contributed by atoms with E-state index in [4.69, 9.17) is 0 Å². The van der Waals surface area contributed by atoms with Gasteiger partial charge in [-0.25, -0.2) is 0 Å². The summed E-state index contributed by atoms with van der Waals surface area (Å²) in [6.07, 6.45) is 4.35. The lowest BCUT2D eigenvalue weighted by Crippen LogP contribution is -2.54. The first kappa shape index (κ1) is 21.5. The summed E-state index contributed by atoms with van der Waals surface area (Å²) in [6, 6.07) is 7.88. The topological polar surface area (TPSA) is 49.4 Å². The molecule has 2 amide bonds. The van der Waals surface area contributed by atoms with Gasteiger partial charge >= 0.3 is 0 Å². The molecule has 0 fully saturated rings. The summed E-state index contributed by atoms with van der Waals surface area (Å²) < 4.78 is 0. The van der Waals surface area contributed by atoms with E-state index in [1.807, 2.05) is 26.0 Å². The first-order valence-corrected chi connectivity index (χ1v) is 10.4. The summed E-state index contributed by atoms with van der Waals surface area (Å²) in [6.45, 7) is 11.1. The molecule has 0 radical (unpaired) electrons. The Morgan fingerprint density at radius 3 is 2.33 bits per heavy atom. The Morgan fingerprint density at radius 1 is 1.04 bits per heavy atom. The van der Waals surface area contributed by atoms with Crippen molar-refractivity contribution in [3.8, 4) is 0 Å². The van der Waals surface area contributed by atoms with Crippen LogP contribution >= 0.6 is 0 Å². The lowest BCUT2D eigenvalue weighted by molar-refractivity contribution is -0.142. The van der Waals surface area contributed by atoms with Gasteiger partial charge in [-0.1, -0.05) is 64.8 Å². The fraction of sp³-hybridized carbons (Fsp3) is 0.652. The normalized spacial score (nSPS) is 17.7. The molecule has 0 aliphatic carbocycles. The highest BCUT2D eigenvalue weighted by atomic mass is 16.2. The number of benzene rings is 1. The van der Waals surface area contributed by atoms with Crippen LogP contribution < -0.4 is 5.32 Å². The van der Waals surface area contributed by atoms with E-state index in [-0.39, 0.29) is 23.8 Å². The number of nitrogens with zero attached hydrogens (tertiary/aromatic N) is 1. The van der Waals surface area contributed by atoms with E-state index in [0.717, 1.165) is 18.4 Å². The minimum absolute atomic E-state index is 0.0151. The van der Waals surface area contributed by atoms with Crippen LogP contribution in [-0.4, -0.2) is 28.8 Å². The zero-order valence-electron chi connectivity index (χ0n) is 17.6. The second-order valence-corrected chi connectivity index (χ2v) is 8.84. The van der Waals surface area contributed by atoms with Crippen LogP contribution in [0.15, 0.2) is 24.3 Å². The van der Waals surface area contributed by atoms with Crippen LogP contribution in [0.2, 0.25) is 0 Å². The van der Waals surface area contributed by atoms with Crippen molar-refractivity contribution in [3.63, 3.8) is 0 Å². The molecule has 4 nitrogen and oxygen atoms in total. The average Bonchev–Trinajstić information content (AvgIpc) is 2.59. The molecule has 0 bridgehead atoms. The molecule has 0 saturated heterocycles. The molecule has 2 unspecified atom stereocenters. The van der Waals surface area contributed by atoms with Crippen LogP contribution in [0.1, 0.15) is 71.4 Å². The molecule has 1 N–H and O–H groups in total. The van der Waals surface area contributed by atoms with E-state index in [1.165, 1.54) is 12.0 Å². The molecule has 2 rings (SSSR count). The van der Waals surface area contributed by atoms with Crippen LogP contribution in [0.3, 0.4) is 0 Å². The largest absolute Gasteiger partial charge is 0.352 e. The highest BCUT2D eigenvalue weighted by molar-refractivity contribution is 5.88. The van der Waals surface area contributed by atoms with Crippen molar-refractivity contribution in [1.82, 2.24) is 10.2 Å². The fourth-order valence-electron chi connectivity index (χ4n) is 3.73. The van der Waals surface area contributed by atoms with Gasteiger partial charge in [-0.05, 0) is 36.3 Å². The quantitative estimate of drug-likeness (QED) is 0.739. The molecule has 1 aliphatic heterocycles. The van der Waals surface area contributed by atoms with E-state index in [2.05, 4.69) is 38.2 Å². The second kappa shape index (κ2) is 9.91. The van der Waals surface area contributed by atoms with Gasteiger partial charge in [-0.15, -0.1) is 0 Å². The Bertz CT molecular complexity index is 639. The predicted octanol–water partition coefficient (Wildman–Crippen LogP) is 4.32. The van der Waals surface area contributed by atoms with Gasteiger partial charge in [0.05, 0.1) is 0 Å². The Morgan fingerprint density at radius 2 is 1.70 bits per heavy atom. The fourth-order valence-corrected chi connectivity index (χ4v) is 3.73. The van der Waals surface area contributed by atoms with Crippen molar-refractivity contribution in [2.45, 2.75) is 85.4 Å². The Hall–Kier alpha value is -1.84. The number of hydrogen-bond donors (Lipinski definition) is 1. The van der Waals surface area contributed by atoms with E-state index in [0.29, 0.717) is 25.3 Å². The number of nitrogens with one attached hydrogen (secondary N) is 1. The summed E-state index contributed by atoms with van der Waals surface area (Å²) in [4.78, 5) is 27.6. The zero-order valence-corrected chi connectivity index (χ0v) is 17.6. The second-order valence-electron chi connectivity index (χ2n) is 8.84. The highest BCUT2D eigenvalue weighted by Gasteiger charge is 2.34. The molecule has 1 heterocycles. The Labute approximate surface area is 164 Å². The van der Waals surface area contributed by atoms with Gasteiger partial charge in [0.25, 0.3) is 0 Å². The minimum atomic E-state index is -0.404. The van der Waals surface area contributed by atoms with Gasteiger partial charge in [-0.2, -0.15) is 0 Å². The maximum atomic E-state index is 13.0. The Balaban J connectivity index is 2.07. The van der Waals surface area contributed by atoms with Gasteiger partial charge in [0.1, 0.15) is 6.04 Å². The first-order valence-electron chi connectivity index (χ1n) is 10.4. The third-order valence-electron chi connectivity index (χ3n) is 5.26. The van der Waals surface area contributed by atoms with Gasteiger partial charge in [0.15, 0.2) is 0 Å². The van der Waals surface area contributed by atoms with E-state index < -0.39 is 6.04 Å². The predicted molar refractivity (Wildman–Crippen MR) is 110 cm³/mol. The number of carbonyl (C=O) groups excluding carboxylic acids is 2. The average molecular weight is 373 g/mol. The lowest BCUT2D eigenvalue weighted by atomic mass is 9.92. The van der Waals surface area contributed by atoms with Crippen molar-refractivity contribution in [1.29, 1.82) is 0 Å². The first-order chi connectivity index (χ1) is 12.8. The minimum Gasteiger partial charge on any atom is -0.352 e. The van der Waals surface area contributed by atoms with Gasteiger partial charge in [-0.3, -0.25) is 9.59 Å². The zero-order chi connectivity index (χ0) is 20.0. The van der Waals surface area contributed by atoms with E-state index in [1.54, 1.807) is 4.90 Å². The Kier molecular flexibility index (Phi) is 7.88. The summed E-state index contributed by atoms with van der Waals surface area (Å²) in [5, 5.41) is 3.16. The van der Waals surface area contributed by atoms with Crippen molar-refractivity contribution in [2.75, 3.05) is 0 Å². The standard InChI is InChI=1S/C23H36N2O2/c1-16(2)9-8-10-18(5)24-23(27)21-14-19-11-6-7-12-20(19)15-25(21)22(26)13-17(3)4/h6-7,11-12,16-18,21H,8-10,13-15H2,1-5H3,(H,24,27). The molecule has 1 aromatic carbocycles. The van der Waals surface area contributed by atoms with Crippen LogP contribution in [0.25, 0.3) is 0 Å². The molecule has 0 aromatic heterocycles. The molecule has 150 valence electrons. The van der Waals surface area contributed by atoms with Crippen molar-refractivity contribution < 1.29 is 9.59 Å². The number of rotatable bonds is 8. The van der Waals surface area contributed by atoms with Crippen LogP contribution in [0, 0.1) is 11.8 Å². The lowest BCUT2D eigenvalue weighted by Gasteiger charge is -2.37. The van der Waals surface area contributed by atoms with Crippen molar-refractivity contribution in [3.05, 3.63) is 35.4 Å². The van der Waals surface area contributed by atoms with Crippen molar-refractivity contribution >= 4 is 11.8 Å². The molecule has 0 spiro atoms. The molecule has 0 saturated carbocycles. The van der Waals surface area contributed by atoms with Gasteiger partial charge in [0.2, 0.25) is 11.8 Å². The molecule has 27 heavy (non-hydrogen) atoms. The molecule has 4 heteroatoms. The van der Waals surface area contributed by atoms with Gasteiger partial charge in [0, 0.05) is 25.4 Å². The third-order valence-corrected chi connectivity index (χ3v) is 5.26. The number of carbonyl (C=O) groups is 2. The molecule has 1 aromatic rings. The van der Waals surface area contributed by atoms with E-state index >= 15 is 0 Å². The molecule has 1 aliphatic rings.